The van der Waals surface area contributed by atoms with Gasteiger partial charge in [-0.25, -0.2) is 0 Å². The first-order chi connectivity index (χ1) is 35.9. The number of hydrogen-bond donors (Lipinski definition) is 0. The van der Waals surface area contributed by atoms with Crippen molar-refractivity contribution in [2.24, 2.45) is 0 Å². The largest absolute Gasteiger partial charge is 0.311 e. The van der Waals surface area contributed by atoms with E-state index >= 15 is 0 Å². The Morgan fingerprint density at radius 2 is 1.16 bits per heavy atom. The van der Waals surface area contributed by atoms with E-state index in [9.17, 15) is 4.39 Å². The molecule has 389 valence electrons. The standard InChI is InChI=1S/C57H57BN3.C13H11FN.Ir/c1-54(2,3)38-19-23-42(24-20-38)60-49-26-22-40(56(7,8)9)33-45(49)58-46-34-41(57(10,11)12)32-44-43-31-39(55(4,5)6)21-25-48(43)61(53(44)46)51-30-37(29-50(60)52(51)58)35-16-15-17-36(28-35)47-18-13-14-27-59-47;1-9-7-13(15-8-10(9)2)11-3-5-12(14)6-4-11;/h13-16,18-34H,1-12H3;3,5-8H,1-2H3;/q2*-1;. The van der Waals surface area contributed by atoms with Gasteiger partial charge in [-0.1, -0.05) is 143 Å². The summed E-state index contributed by atoms with van der Waals surface area (Å²) in [7, 11) is 0. The van der Waals surface area contributed by atoms with E-state index in [4.69, 9.17) is 4.98 Å². The van der Waals surface area contributed by atoms with E-state index < -0.39 is 0 Å². The summed E-state index contributed by atoms with van der Waals surface area (Å²) in [6, 6.07) is 59.2. The normalized spacial score (nSPS) is 13.0. The Morgan fingerprint density at radius 1 is 0.506 bits per heavy atom. The molecular weight excluding hydrogens is 1120 g/mol. The minimum atomic E-state index is -0.275. The van der Waals surface area contributed by atoms with E-state index in [-0.39, 0.29) is 54.3 Å². The molecule has 0 bridgehead atoms. The quantitative estimate of drug-likeness (QED) is 0.130. The molecule has 2 aliphatic heterocycles. The fourth-order valence-electron chi connectivity index (χ4n) is 11.1. The van der Waals surface area contributed by atoms with Crippen LogP contribution < -0.4 is 21.3 Å². The SMILES string of the molecule is CC(C)(C)c1ccc(N2c3ccc(C(C)(C)C)cc3B3c4c2cc(-c2cc[c-]c(-c5ccccn5)c2)cc4-n2c4ccc(C(C)(C)C)cc4c4cc(C(C)(C)C)cc3c42)cc1.Cc1cnc(-c2[c-]cc(F)cc2)cc1C.[Ir]. The van der Waals surface area contributed by atoms with Gasteiger partial charge in [-0.05, 0) is 151 Å². The van der Waals surface area contributed by atoms with Gasteiger partial charge in [-0.2, -0.15) is 0 Å². The Morgan fingerprint density at radius 3 is 1.81 bits per heavy atom. The number of pyridine rings is 2. The molecule has 0 saturated heterocycles. The smallest absolute Gasteiger partial charge is 0.252 e. The number of aryl methyl sites for hydroxylation is 2. The van der Waals surface area contributed by atoms with Crippen molar-refractivity contribution < 1.29 is 24.5 Å². The van der Waals surface area contributed by atoms with E-state index in [0.717, 1.165) is 39.3 Å². The summed E-state index contributed by atoms with van der Waals surface area (Å²) in [4.78, 5) is 11.6. The zero-order chi connectivity index (χ0) is 53.8. The third-order valence-corrected chi connectivity index (χ3v) is 15.8. The average Bonchev–Trinajstić information content (AvgIpc) is 3.94. The second kappa shape index (κ2) is 19.5. The van der Waals surface area contributed by atoms with E-state index in [1.807, 2.05) is 44.4 Å². The Labute approximate surface area is 470 Å². The van der Waals surface area contributed by atoms with E-state index in [1.54, 1.807) is 6.07 Å². The van der Waals surface area contributed by atoms with Crippen LogP contribution in [0.15, 0.2) is 158 Å². The van der Waals surface area contributed by atoms with Crippen LogP contribution in [-0.2, 0) is 41.8 Å². The summed E-state index contributed by atoms with van der Waals surface area (Å²) >= 11 is 0. The number of anilines is 3. The number of rotatable bonds is 4. The summed E-state index contributed by atoms with van der Waals surface area (Å²) in [5, 5.41) is 2.65. The van der Waals surface area contributed by atoms with Crippen molar-refractivity contribution >= 4 is 62.0 Å². The van der Waals surface area contributed by atoms with Crippen molar-refractivity contribution in [3.63, 3.8) is 0 Å². The summed E-state index contributed by atoms with van der Waals surface area (Å²) < 4.78 is 15.3. The first kappa shape index (κ1) is 53.5. The van der Waals surface area contributed by atoms with Gasteiger partial charge in [0, 0.05) is 77.4 Å². The molecule has 0 spiro atoms. The monoisotopic (exact) mass is 1190 g/mol. The van der Waals surface area contributed by atoms with Crippen LogP contribution >= 0.6 is 0 Å². The maximum atomic E-state index is 12.7. The maximum Gasteiger partial charge on any atom is 0.252 e. The molecule has 10 aromatic rings. The molecule has 77 heavy (non-hydrogen) atoms. The van der Waals surface area contributed by atoms with Gasteiger partial charge in [-0.3, -0.25) is 4.39 Å². The zero-order valence-electron chi connectivity index (χ0n) is 47.1. The van der Waals surface area contributed by atoms with Crippen LogP contribution in [0.5, 0.6) is 0 Å². The number of hydrogen-bond acceptors (Lipinski definition) is 3. The van der Waals surface area contributed by atoms with E-state index in [0.29, 0.717) is 0 Å². The van der Waals surface area contributed by atoms with Crippen molar-refractivity contribution in [2.75, 3.05) is 4.90 Å². The predicted octanol–water partition coefficient (Wildman–Crippen LogP) is 16.4. The van der Waals surface area contributed by atoms with Crippen LogP contribution in [0.4, 0.5) is 21.5 Å². The molecule has 5 heterocycles. The molecule has 3 aromatic heterocycles. The minimum absolute atomic E-state index is 0. The molecule has 12 rings (SSSR count). The molecule has 7 heteroatoms. The Balaban J connectivity index is 0.000000362. The van der Waals surface area contributed by atoms with Gasteiger partial charge < -0.3 is 19.4 Å². The molecule has 0 aliphatic carbocycles. The summed E-state index contributed by atoms with van der Waals surface area (Å²) in [6.45, 7) is 32.0. The molecule has 0 N–H and O–H groups in total. The first-order valence-corrected chi connectivity index (χ1v) is 26.8. The third kappa shape index (κ3) is 9.80. The molecule has 0 fully saturated rings. The molecular formula is C70H68BFIrN4-2. The summed E-state index contributed by atoms with van der Waals surface area (Å²) in [5.41, 5.74) is 25.1. The number of nitrogens with zero attached hydrogens (tertiary/aromatic N) is 4. The van der Waals surface area contributed by atoms with Crippen LogP contribution in [0.25, 0.3) is 61.1 Å². The predicted molar refractivity (Wildman–Crippen MR) is 320 cm³/mol. The molecule has 0 unspecified atom stereocenters. The number of benzene rings is 7. The number of halogens is 1. The Kier molecular flexibility index (Phi) is 13.6. The molecule has 0 saturated carbocycles. The van der Waals surface area contributed by atoms with Gasteiger partial charge in [0.1, 0.15) is 0 Å². The van der Waals surface area contributed by atoms with Gasteiger partial charge in [0.25, 0.3) is 6.71 Å². The maximum absolute atomic E-state index is 12.7. The molecule has 4 nitrogen and oxygen atoms in total. The third-order valence-electron chi connectivity index (χ3n) is 15.8. The number of fused-ring (bicyclic) bond motifs is 7. The molecule has 7 aromatic carbocycles. The van der Waals surface area contributed by atoms with Crippen LogP contribution in [-0.4, -0.2) is 21.2 Å². The topological polar surface area (TPSA) is 34.0 Å². The van der Waals surface area contributed by atoms with Crippen LogP contribution in [0, 0.1) is 31.8 Å². The van der Waals surface area contributed by atoms with Crippen molar-refractivity contribution in [3.8, 4) is 39.3 Å². The molecule has 1 radical (unpaired) electrons. The summed E-state index contributed by atoms with van der Waals surface area (Å²) in [5.74, 6) is -0.275. The van der Waals surface area contributed by atoms with E-state index in [1.165, 1.54) is 101 Å². The second-order valence-electron chi connectivity index (χ2n) is 25.3. The fourth-order valence-corrected chi connectivity index (χ4v) is 11.1. The second-order valence-corrected chi connectivity index (χ2v) is 25.3. The van der Waals surface area contributed by atoms with Crippen molar-refractivity contribution in [2.45, 2.75) is 119 Å². The first-order valence-electron chi connectivity index (χ1n) is 26.8. The van der Waals surface area contributed by atoms with Gasteiger partial charge in [0.2, 0.25) is 0 Å². The van der Waals surface area contributed by atoms with Crippen molar-refractivity contribution in [1.29, 1.82) is 0 Å². The van der Waals surface area contributed by atoms with Crippen LogP contribution in [0.1, 0.15) is 116 Å². The van der Waals surface area contributed by atoms with Crippen molar-refractivity contribution in [3.05, 3.63) is 209 Å². The minimum Gasteiger partial charge on any atom is -0.311 e. The average molecular weight is 1190 g/mol. The van der Waals surface area contributed by atoms with Gasteiger partial charge in [0.15, 0.2) is 0 Å². The summed E-state index contributed by atoms with van der Waals surface area (Å²) in [6.07, 6.45) is 3.68. The fraction of sp³-hybridized carbons (Fsp3) is 0.257. The molecule has 2 aliphatic rings. The molecule has 0 atom stereocenters. The van der Waals surface area contributed by atoms with Gasteiger partial charge in [-0.15, -0.1) is 65.2 Å². The Hall–Kier alpha value is -6.92. The zero-order valence-corrected chi connectivity index (χ0v) is 49.5. The van der Waals surface area contributed by atoms with E-state index in [2.05, 4.69) is 219 Å². The van der Waals surface area contributed by atoms with Crippen LogP contribution in [0.3, 0.4) is 0 Å². The van der Waals surface area contributed by atoms with Gasteiger partial charge >= 0.3 is 0 Å². The van der Waals surface area contributed by atoms with Crippen LogP contribution in [0.2, 0.25) is 0 Å². The van der Waals surface area contributed by atoms with Gasteiger partial charge in [0.05, 0.1) is 5.52 Å². The Bertz CT molecular complexity index is 3880. The van der Waals surface area contributed by atoms with Crippen molar-refractivity contribution in [1.82, 2.24) is 14.5 Å². The number of aromatic nitrogens is 3. The molecule has 0 amide bonds.